The molecule has 0 aliphatic heterocycles. The predicted octanol–water partition coefficient (Wildman–Crippen LogP) is 2.10. The Morgan fingerprint density at radius 3 is 2.55 bits per heavy atom. The Balaban J connectivity index is 2.13. The lowest BCUT2D eigenvalue weighted by atomic mass is 10.2. The van der Waals surface area contributed by atoms with Gasteiger partial charge in [-0.2, -0.15) is 0 Å². The number of carboxylic acids is 1. The number of carbonyl (C=O) groups excluding carboxylic acids is 1. The molecule has 2 rings (SSSR count). The second kappa shape index (κ2) is 5.81. The Hall–Kier alpha value is -2.24. The summed E-state index contributed by atoms with van der Waals surface area (Å²) in [7, 11) is 0. The Morgan fingerprint density at radius 1 is 1.30 bits per heavy atom. The molecular weight excluding hydrogens is 268 g/mol. The summed E-state index contributed by atoms with van der Waals surface area (Å²) in [6.45, 7) is -0.000424. The molecule has 0 bridgehead atoms. The summed E-state index contributed by atoms with van der Waals surface area (Å²) in [5, 5.41) is 8.50. The van der Waals surface area contributed by atoms with Crippen LogP contribution in [0, 0.1) is 11.6 Å². The normalized spacial score (nSPS) is 14.5. The minimum Gasteiger partial charge on any atom is -0.478 e. The van der Waals surface area contributed by atoms with Crippen molar-refractivity contribution in [1.82, 2.24) is 4.90 Å². The van der Waals surface area contributed by atoms with E-state index in [1.54, 1.807) is 0 Å². The van der Waals surface area contributed by atoms with Crippen molar-refractivity contribution in [2.24, 2.45) is 0 Å². The molecule has 0 atom stereocenters. The van der Waals surface area contributed by atoms with E-state index in [0.717, 1.165) is 37.1 Å². The first-order chi connectivity index (χ1) is 9.47. The van der Waals surface area contributed by atoms with Gasteiger partial charge < -0.3 is 10.0 Å². The summed E-state index contributed by atoms with van der Waals surface area (Å²) >= 11 is 0. The number of hydrogen-bond donors (Lipinski definition) is 1. The Bertz CT molecular complexity index is 568. The molecule has 1 aliphatic rings. The van der Waals surface area contributed by atoms with E-state index in [4.69, 9.17) is 5.11 Å². The molecule has 20 heavy (non-hydrogen) atoms. The van der Waals surface area contributed by atoms with Gasteiger partial charge in [0.1, 0.15) is 11.6 Å². The molecule has 1 aromatic rings. The number of halogens is 2. The van der Waals surface area contributed by atoms with Gasteiger partial charge in [-0.25, -0.2) is 13.6 Å². The quantitative estimate of drug-likeness (QED) is 0.841. The molecule has 1 N–H and O–H groups in total. The van der Waals surface area contributed by atoms with Gasteiger partial charge in [0.2, 0.25) is 5.91 Å². The third-order valence-corrected chi connectivity index (χ3v) is 3.00. The molecule has 1 amide bonds. The van der Waals surface area contributed by atoms with Gasteiger partial charge in [-0.15, -0.1) is 0 Å². The van der Waals surface area contributed by atoms with Gasteiger partial charge in [0.25, 0.3) is 0 Å². The third kappa shape index (κ3) is 3.63. The van der Waals surface area contributed by atoms with Crippen molar-refractivity contribution in [2.45, 2.75) is 25.4 Å². The fourth-order valence-electron chi connectivity index (χ4n) is 1.84. The lowest BCUT2D eigenvalue weighted by molar-refractivity contribution is -0.132. The van der Waals surface area contributed by atoms with Gasteiger partial charge in [-0.3, -0.25) is 4.79 Å². The third-order valence-electron chi connectivity index (χ3n) is 3.00. The number of carbonyl (C=O) groups is 2. The summed E-state index contributed by atoms with van der Waals surface area (Å²) in [5.41, 5.74) is 0.204. The van der Waals surface area contributed by atoms with Crippen LogP contribution in [-0.4, -0.2) is 27.9 Å². The van der Waals surface area contributed by atoms with Gasteiger partial charge >= 0.3 is 5.97 Å². The molecule has 0 aromatic heterocycles. The number of benzene rings is 1. The van der Waals surface area contributed by atoms with E-state index in [-0.39, 0.29) is 18.2 Å². The Kier molecular flexibility index (Phi) is 4.12. The maximum Gasteiger partial charge on any atom is 0.328 e. The molecule has 1 fully saturated rings. The first-order valence-electron chi connectivity index (χ1n) is 6.13. The van der Waals surface area contributed by atoms with Crippen LogP contribution in [0.4, 0.5) is 8.78 Å². The molecule has 0 saturated heterocycles. The molecular formula is C14H13F2NO3. The van der Waals surface area contributed by atoms with Gasteiger partial charge in [0.15, 0.2) is 0 Å². The SMILES string of the molecule is O=C(O)/C=C/C(=O)N(Cc1ccc(F)cc1F)C1CC1. The first-order valence-corrected chi connectivity index (χ1v) is 6.13. The molecule has 0 unspecified atom stereocenters. The second-order valence-corrected chi connectivity index (χ2v) is 4.60. The van der Waals surface area contributed by atoms with Crippen LogP contribution in [0.3, 0.4) is 0 Å². The Morgan fingerprint density at radius 2 is 2.00 bits per heavy atom. The monoisotopic (exact) mass is 281 g/mol. The fourth-order valence-corrected chi connectivity index (χ4v) is 1.84. The summed E-state index contributed by atoms with van der Waals surface area (Å²) < 4.78 is 26.4. The Labute approximate surface area is 114 Å². The van der Waals surface area contributed by atoms with E-state index in [1.165, 1.54) is 11.0 Å². The van der Waals surface area contributed by atoms with E-state index in [0.29, 0.717) is 0 Å². The molecule has 6 heteroatoms. The minimum absolute atomic E-state index is 0.000424. The van der Waals surface area contributed by atoms with Crippen LogP contribution >= 0.6 is 0 Å². The van der Waals surface area contributed by atoms with Crippen molar-refractivity contribution in [3.05, 3.63) is 47.5 Å². The molecule has 0 heterocycles. The van der Waals surface area contributed by atoms with Gasteiger partial charge in [0, 0.05) is 36.4 Å². The average Bonchev–Trinajstić information content (AvgIpc) is 3.19. The summed E-state index contributed by atoms with van der Waals surface area (Å²) in [6, 6.07) is 3.16. The van der Waals surface area contributed by atoms with Gasteiger partial charge in [-0.05, 0) is 18.9 Å². The van der Waals surface area contributed by atoms with Crippen LogP contribution in [-0.2, 0) is 16.1 Å². The van der Waals surface area contributed by atoms with Crippen molar-refractivity contribution >= 4 is 11.9 Å². The molecule has 106 valence electrons. The van der Waals surface area contributed by atoms with Crippen molar-refractivity contribution < 1.29 is 23.5 Å². The maximum atomic E-state index is 13.6. The molecule has 0 spiro atoms. The standard InChI is InChI=1S/C14H13F2NO3/c15-10-2-1-9(12(16)7-10)8-17(11-3-4-11)13(18)5-6-14(19)20/h1-2,5-7,11H,3-4,8H2,(H,19,20)/b6-5+. The summed E-state index contributed by atoms with van der Waals surface area (Å²) in [6.07, 6.45) is 3.30. The highest BCUT2D eigenvalue weighted by atomic mass is 19.1. The van der Waals surface area contributed by atoms with Crippen molar-refractivity contribution in [3.8, 4) is 0 Å². The highest BCUT2D eigenvalue weighted by Gasteiger charge is 2.32. The molecule has 4 nitrogen and oxygen atoms in total. The number of aliphatic carboxylic acids is 1. The van der Waals surface area contributed by atoms with Crippen LogP contribution in [0.5, 0.6) is 0 Å². The highest BCUT2D eigenvalue weighted by Crippen LogP contribution is 2.29. The average molecular weight is 281 g/mol. The van der Waals surface area contributed by atoms with Crippen LogP contribution < -0.4 is 0 Å². The largest absolute Gasteiger partial charge is 0.478 e. The lowest BCUT2D eigenvalue weighted by Gasteiger charge is -2.21. The zero-order chi connectivity index (χ0) is 14.7. The van der Waals surface area contributed by atoms with Crippen LogP contribution in [0.2, 0.25) is 0 Å². The van der Waals surface area contributed by atoms with E-state index in [9.17, 15) is 18.4 Å². The van der Waals surface area contributed by atoms with E-state index < -0.39 is 23.5 Å². The maximum absolute atomic E-state index is 13.6. The van der Waals surface area contributed by atoms with Crippen molar-refractivity contribution in [3.63, 3.8) is 0 Å². The molecule has 0 radical (unpaired) electrons. The predicted molar refractivity (Wildman–Crippen MR) is 66.7 cm³/mol. The van der Waals surface area contributed by atoms with E-state index in [2.05, 4.69) is 0 Å². The highest BCUT2D eigenvalue weighted by molar-refractivity contribution is 5.94. The number of hydrogen-bond acceptors (Lipinski definition) is 2. The molecule has 1 aromatic carbocycles. The molecule has 1 saturated carbocycles. The lowest BCUT2D eigenvalue weighted by Crippen LogP contribution is -2.31. The summed E-state index contributed by atoms with van der Waals surface area (Å²) in [4.78, 5) is 23.7. The number of nitrogens with zero attached hydrogens (tertiary/aromatic N) is 1. The summed E-state index contributed by atoms with van der Waals surface area (Å²) in [5.74, 6) is -3.10. The van der Waals surface area contributed by atoms with E-state index >= 15 is 0 Å². The van der Waals surface area contributed by atoms with Crippen LogP contribution in [0.15, 0.2) is 30.4 Å². The topological polar surface area (TPSA) is 57.6 Å². The zero-order valence-electron chi connectivity index (χ0n) is 10.6. The number of rotatable bonds is 5. The van der Waals surface area contributed by atoms with Gasteiger partial charge in [-0.1, -0.05) is 6.07 Å². The van der Waals surface area contributed by atoms with Crippen molar-refractivity contribution in [1.29, 1.82) is 0 Å². The number of carboxylic acid groups (broad SMARTS) is 1. The van der Waals surface area contributed by atoms with Crippen LogP contribution in [0.25, 0.3) is 0 Å². The second-order valence-electron chi connectivity index (χ2n) is 4.60. The number of amides is 1. The zero-order valence-corrected chi connectivity index (χ0v) is 10.6. The minimum atomic E-state index is -1.22. The fraction of sp³-hybridized carbons (Fsp3) is 0.286. The first kappa shape index (κ1) is 14.2. The van der Waals surface area contributed by atoms with E-state index in [1.807, 2.05) is 0 Å². The van der Waals surface area contributed by atoms with Crippen molar-refractivity contribution in [2.75, 3.05) is 0 Å². The van der Waals surface area contributed by atoms with Gasteiger partial charge in [0.05, 0.1) is 0 Å². The molecule has 1 aliphatic carbocycles. The van der Waals surface area contributed by atoms with Crippen LogP contribution in [0.1, 0.15) is 18.4 Å². The smallest absolute Gasteiger partial charge is 0.328 e.